The number of nitrogens with zero attached hydrogens (tertiary/aromatic N) is 1. The van der Waals surface area contributed by atoms with E-state index in [2.05, 4.69) is 18.8 Å². The second kappa shape index (κ2) is 12.5. The summed E-state index contributed by atoms with van der Waals surface area (Å²) in [7, 11) is 1.38. The van der Waals surface area contributed by atoms with Crippen LogP contribution in [0.1, 0.15) is 93.6 Å². The SMILES string of the molecule is COC(=O)c1sc(C#CC(C)(C)C)cc1N(C(=O)[C@H]1CC[C@H](C)CC1)[C@H]1CC[C@H](O[C@H]2COC[C@@H]2O)CC1. The molecule has 2 saturated carbocycles. The molecule has 38 heavy (non-hydrogen) atoms. The summed E-state index contributed by atoms with van der Waals surface area (Å²) in [6, 6.07) is 1.88. The van der Waals surface area contributed by atoms with E-state index in [-0.39, 0.29) is 35.5 Å². The average molecular weight is 546 g/mol. The first-order chi connectivity index (χ1) is 18.1. The molecular formula is C30H43NO6S. The van der Waals surface area contributed by atoms with Gasteiger partial charge in [0.15, 0.2) is 0 Å². The molecule has 1 aromatic heterocycles. The molecule has 3 aliphatic rings. The summed E-state index contributed by atoms with van der Waals surface area (Å²) in [5.74, 6) is 6.75. The summed E-state index contributed by atoms with van der Waals surface area (Å²) < 4.78 is 16.7. The van der Waals surface area contributed by atoms with Crippen LogP contribution in [0.25, 0.3) is 0 Å². The Bertz CT molecular complexity index is 1030. The van der Waals surface area contributed by atoms with E-state index in [9.17, 15) is 14.7 Å². The van der Waals surface area contributed by atoms with Gasteiger partial charge in [-0.15, -0.1) is 11.3 Å². The van der Waals surface area contributed by atoms with Crippen molar-refractivity contribution in [3.63, 3.8) is 0 Å². The van der Waals surface area contributed by atoms with E-state index in [1.807, 2.05) is 31.7 Å². The predicted molar refractivity (Wildman–Crippen MR) is 148 cm³/mol. The molecule has 1 saturated heterocycles. The third kappa shape index (κ3) is 7.18. The molecule has 8 heteroatoms. The number of anilines is 1. The standard InChI is InChI=1S/C30H43NO6S/c1-19-6-8-20(9-7-19)28(33)31(21-10-12-22(13-11-21)37-26-18-36-17-25(26)32)24-16-23(14-15-30(2,3)4)38-27(24)29(34)35-5/h16,19-22,25-26,32H,6-13,17-18H2,1-5H3/t19-,20-,21-,22-,25-,26-/m0/s1. The summed E-state index contributed by atoms with van der Waals surface area (Å²) in [6.07, 6.45) is 6.11. The van der Waals surface area contributed by atoms with Gasteiger partial charge >= 0.3 is 5.97 Å². The van der Waals surface area contributed by atoms with Crippen LogP contribution in [-0.2, 0) is 19.0 Å². The summed E-state index contributed by atoms with van der Waals surface area (Å²) in [5.41, 5.74) is 0.452. The zero-order chi connectivity index (χ0) is 27.4. The molecule has 2 heterocycles. The summed E-state index contributed by atoms with van der Waals surface area (Å²) >= 11 is 1.30. The van der Waals surface area contributed by atoms with E-state index in [0.29, 0.717) is 29.7 Å². The van der Waals surface area contributed by atoms with Crippen molar-refractivity contribution in [2.75, 3.05) is 25.2 Å². The van der Waals surface area contributed by atoms with Crippen LogP contribution in [-0.4, -0.2) is 61.7 Å². The number of thiophene rings is 1. The van der Waals surface area contributed by atoms with Crippen molar-refractivity contribution < 1.29 is 28.9 Å². The largest absolute Gasteiger partial charge is 0.465 e. The number of amides is 1. The molecular weight excluding hydrogens is 502 g/mol. The van der Waals surface area contributed by atoms with Crippen LogP contribution >= 0.6 is 11.3 Å². The second-order valence-electron chi connectivity index (χ2n) is 12.2. The first kappa shape index (κ1) is 29.1. The van der Waals surface area contributed by atoms with Gasteiger partial charge in [0, 0.05) is 17.4 Å². The fourth-order valence-electron chi connectivity index (χ4n) is 5.65. The third-order valence-electron chi connectivity index (χ3n) is 7.88. The summed E-state index contributed by atoms with van der Waals surface area (Å²) in [5, 5.41) is 10.1. The minimum atomic E-state index is -0.583. The van der Waals surface area contributed by atoms with E-state index in [1.54, 1.807) is 0 Å². The summed E-state index contributed by atoms with van der Waals surface area (Å²) in [6.45, 7) is 9.13. The van der Waals surface area contributed by atoms with Crippen LogP contribution in [0.15, 0.2) is 6.07 Å². The van der Waals surface area contributed by atoms with Crippen molar-refractivity contribution in [3.8, 4) is 11.8 Å². The molecule has 0 bridgehead atoms. The van der Waals surface area contributed by atoms with Crippen molar-refractivity contribution in [1.29, 1.82) is 0 Å². The number of hydrogen-bond donors (Lipinski definition) is 1. The molecule has 1 aliphatic heterocycles. The maximum Gasteiger partial charge on any atom is 0.350 e. The molecule has 7 nitrogen and oxygen atoms in total. The molecule has 1 aromatic rings. The lowest BCUT2D eigenvalue weighted by atomic mass is 9.81. The molecule has 0 unspecified atom stereocenters. The van der Waals surface area contributed by atoms with Crippen LogP contribution in [0.2, 0.25) is 0 Å². The number of carbonyl (C=O) groups is 2. The number of rotatable bonds is 6. The Morgan fingerprint density at radius 1 is 1.08 bits per heavy atom. The highest BCUT2D eigenvalue weighted by Crippen LogP contribution is 2.39. The molecule has 1 N–H and O–H groups in total. The average Bonchev–Trinajstić information content (AvgIpc) is 3.49. The van der Waals surface area contributed by atoms with Gasteiger partial charge in [0.05, 0.1) is 37.0 Å². The molecule has 0 spiro atoms. The molecule has 0 radical (unpaired) electrons. The maximum atomic E-state index is 14.2. The Morgan fingerprint density at radius 3 is 2.34 bits per heavy atom. The van der Waals surface area contributed by atoms with Gasteiger partial charge in [0.1, 0.15) is 17.1 Å². The summed E-state index contributed by atoms with van der Waals surface area (Å²) in [4.78, 5) is 30.2. The predicted octanol–water partition coefficient (Wildman–Crippen LogP) is 5.18. The quantitative estimate of drug-likeness (QED) is 0.392. The van der Waals surface area contributed by atoms with Crippen LogP contribution in [0.3, 0.4) is 0 Å². The Balaban J connectivity index is 1.61. The lowest BCUT2D eigenvalue weighted by Gasteiger charge is -2.40. The molecule has 0 aromatic carbocycles. The first-order valence-corrected chi connectivity index (χ1v) is 14.9. The zero-order valence-electron chi connectivity index (χ0n) is 23.5. The van der Waals surface area contributed by atoms with Crippen LogP contribution in [0, 0.1) is 29.1 Å². The Labute approximate surface area is 231 Å². The lowest BCUT2D eigenvalue weighted by molar-refractivity contribution is -0.124. The molecule has 3 fully saturated rings. The van der Waals surface area contributed by atoms with Gasteiger partial charge in [-0.25, -0.2) is 4.79 Å². The minimum Gasteiger partial charge on any atom is -0.465 e. The van der Waals surface area contributed by atoms with Crippen molar-refractivity contribution >= 4 is 28.9 Å². The van der Waals surface area contributed by atoms with Gasteiger partial charge in [0.25, 0.3) is 0 Å². The highest BCUT2D eigenvalue weighted by atomic mass is 32.1. The molecule has 4 rings (SSSR count). The van der Waals surface area contributed by atoms with Gasteiger partial charge in [-0.05, 0) is 84.1 Å². The minimum absolute atomic E-state index is 0.0239. The second-order valence-corrected chi connectivity index (χ2v) is 13.2. The van der Waals surface area contributed by atoms with Gasteiger partial charge in [0.2, 0.25) is 5.91 Å². The number of hydrogen-bond acceptors (Lipinski definition) is 7. The topological polar surface area (TPSA) is 85.3 Å². The zero-order valence-corrected chi connectivity index (χ0v) is 24.3. The monoisotopic (exact) mass is 545 g/mol. The van der Waals surface area contributed by atoms with E-state index in [4.69, 9.17) is 14.2 Å². The van der Waals surface area contributed by atoms with E-state index in [1.165, 1.54) is 18.4 Å². The molecule has 1 amide bonds. The van der Waals surface area contributed by atoms with Crippen molar-refractivity contribution in [2.45, 2.75) is 103 Å². The molecule has 210 valence electrons. The van der Waals surface area contributed by atoms with Crippen LogP contribution < -0.4 is 4.90 Å². The maximum absolute atomic E-state index is 14.2. The number of aliphatic hydroxyl groups is 1. The number of carbonyl (C=O) groups excluding carboxylic acids is 2. The van der Waals surface area contributed by atoms with Crippen molar-refractivity contribution in [3.05, 3.63) is 15.8 Å². The molecule has 2 atom stereocenters. The van der Waals surface area contributed by atoms with Gasteiger partial charge in [-0.2, -0.15) is 0 Å². The van der Waals surface area contributed by atoms with E-state index >= 15 is 0 Å². The first-order valence-electron chi connectivity index (χ1n) is 14.1. The number of ether oxygens (including phenoxy) is 3. The number of methoxy groups -OCH3 is 1. The van der Waals surface area contributed by atoms with Gasteiger partial charge < -0.3 is 24.2 Å². The molecule has 2 aliphatic carbocycles. The van der Waals surface area contributed by atoms with E-state index in [0.717, 1.165) is 56.2 Å². The van der Waals surface area contributed by atoms with Crippen LogP contribution in [0.4, 0.5) is 5.69 Å². The van der Waals surface area contributed by atoms with Crippen LogP contribution in [0.5, 0.6) is 0 Å². The smallest absolute Gasteiger partial charge is 0.350 e. The normalized spacial score (nSPS) is 29.8. The van der Waals surface area contributed by atoms with Gasteiger partial charge in [-0.3, -0.25) is 4.79 Å². The Kier molecular flexibility index (Phi) is 9.57. The Hall–Kier alpha value is -1.92. The van der Waals surface area contributed by atoms with Gasteiger partial charge in [-0.1, -0.05) is 18.8 Å². The fourth-order valence-corrected chi connectivity index (χ4v) is 6.57. The van der Waals surface area contributed by atoms with E-state index < -0.39 is 12.1 Å². The van der Waals surface area contributed by atoms with Crippen molar-refractivity contribution in [1.82, 2.24) is 0 Å². The lowest BCUT2D eigenvalue weighted by Crippen LogP contribution is -2.47. The Morgan fingerprint density at radius 2 is 1.76 bits per heavy atom. The third-order valence-corrected chi connectivity index (χ3v) is 8.90. The highest BCUT2D eigenvalue weighted by molar-refractivity contribution is 7.15. The number of esters is 1. The number of aliphatic hydroxyl groups excluding tert-OH is 1. The van der Waals surface area contributed by atoms with Crippen molar-refractivity contribution in [2.24, 2.45) is 17.3 Å². The fraction of sp³-hybridized carbons (Fsp3) is 0.733. The highest BCUT2D eigenvalue weighted by Gasteiger charge is 2.39.